The molecule has 0 spiro atoms. The molecule has 0 radical (unpaired) electrons. The van der Waals surface area contributed by atoms with Crippen LogP contribution in [0.5, 0.6) is 5.75 Å². The summed E-state index contributed by atoms with van der Waals surface area (Å²) in [5, 5.41) is 9.98. The van der Waals surface area contributed by atoms with Crippen LogP contribution in [-0.4, -0.2) is 38.1 Å². The highest BCUT2D eigenvalue weighted by Crippen LogP contribution is 2.21. The van der Waals surface area contributed by atoms with Gasteiger partial charge in [0.15, 0.2) is 0 Å². The van der Waals surface area contributed by atoms with Gasteiger partial charge in [-0.15, -0.1) is 0 Å². The van der Waals surface area contributed by atoms with Crippen LogP contribution in [0.25, 0.3) is 5.65 Å². The van der Waals surface area contributed by atoms with E-state index in [1.54, 1.807) is 36.3 Å². The molecule has 9 heteroatoms. The second-order valence-corrected chi connectivity index (χ2v) is 7.40. The molecular formula is C23H24N6O3. The molecule has 0 fully saturated rings. The molecule has 9 nitrogen and oxygen atoms in total. The summed E-state index contributed by atoms with van der Waals surface area (Å²) in [6.45, 7) is 1.91. The number of pyridine rings is 1. The van der Waals surface area contributed by atoms with Crippen molar-refractivity contribution in [2.45, 2.75) is 25.9 Å². The third kappa shape index (κ3) is 5.12. The first kappa shape index (κ1) is 21.1. The summed E-state index contributed by atoms with van der Waals surface area (Å²) < 4.78 is 8.83. The van der Waals surface area contributed by atoms with Crippen molar-refractivity contribution in [2.24, 2.45) is 0 Å². The Morgan fingerprint density at radius 1 is 1.12 bits per heavy atom. The van der Waals surface area contributed by atoms with Crippen LogP contribution in [0.2, 0.25) is 0 Å². The fourth-order valence-electron chi connectivity index (χ4n) is 3.48. The Morgan fingerprint density at radius 3 is 2.66 bits per heavy atom. The summed E-state index contributed by atoms with van der Waals surface area (Å²) in [6.07, 6.45) is 7.32. The molecule has 4 aromatic rings. The van der Waals surface area contributed by atoms with Gasteiger partial charge in [0.05, 0.1) is 43.7 Å². The molecule has 3 heterocycles. The molecule has 0 saturated heterocycles. The molecule has 4 rings (SSSR count). The molecule has 0 saturated carbocycles. The maximum absolute atomic E-state index is 12.6. The quantitative estimate of drug-likeness (QED) is 0.446. The van der Waals surface area contributed by atoms with Crippen LogP contribution in [0, 0.1) is 0 Å². The Morgan fingerprint density at radius 2 is 1.94 bits per heavy atom. The Kier molecular flexibility index (Phi) is 6.16. The number of anilines is 1. The first-order valence-electron chi connectivity index (χ1n) is 10.2. The lowest BCUT2D eigenvalue weighted by atomic mass is 10.0. The predicted molar refractivity (Wildman–Crippen MR) is 119 cm³/mol. The minimum atomic E-state index is -0.452. The molecule has 3 aromatic heterocycles. The number of ether oxygens (including phenoxy) is 1. The van der Waals surface area contributed by atoms with Crippen molar-refractivity contribution in [1.29, 1.82) is 0 Å². The van der Waals surface area contributed by atoms with Gasteiger partial charge in [0, 0.05) is 25.5 Å². The number of benzene rings is 1. The third-order valence-corrected chi connectivity index (χ3v) is 4.94. The highest BCUT2D eigenvalue weighted by Gasteiger charge is 2.18. The summed E-state index contributed by atoms with van der Waals surface area (Å²) in [5.41, 5.74) is 3.13. The molecule has 1 atom stereocenters. The number of methoxy groups -OCH3 is 1. The molecule has 0 bridgehead atoms. The predicted octanol–water partition coefficient (Wildman–Crippen LogP) is 2.79. The van der Waals surface area contributed by atoms with Gasteiger partial charge in [-0.2, -0.15) is 5.10 Å². The number of carbonyl (C=O) groups excluding carboxylic acids is 2. The second-order valence-electron chi connectivity index (χ2n) is 7.40. The zero-order chi connectivity index (χ0) is 22.5. The number of nitrogens with zero attached hydrogens (tertiary/aromatic N) is 4. The van der Waals surface area contributed by atoms with E-state index in [1.165, 1.54) is 6.92 Å². The molecule has 1 aromatic carbocycles. The normalized spacial score (nSPS) is 11.8. The Hall–Kier alpha value is -4.14. The van der Waals surface area contributed by atoms with E-state index in [2.05, 4.69) is 20.7 Å². The van der Waals surface area contributed by atoms with E-state index in [1.807, 2.05) is 47.1 Å². The van der Waals surface area contributed by atoms with Gasteiger partial charge >= 0.3 is 0 Å². The molecule has 0 aliphatic heterocycles. The maximum atomic E-state index is 12.6. The third-order valence-electron chi connectivity index (χ3n) is 4.94. The number of amides is 2. The first-order chi connectivity index (χ1) is 15.5. The van der Waals surface area contributed by atoms with Crippen molar-refractivity contribution in [2.75, 3.05) is 12.4 Å². The van der Waals surface area contributed by atoms with E-state index in [-0.39, 0.29) is 18.2 Å². The number of carbonyl (C=O) groups is 2. The average Bonchev–Trinajstić information content (AvgIpc) is 3.39. The van der Waals surface area contributed by atoms with Gasteiger partial charge in [-0.1, -0.05) is 18.2 Å². The standard InChI is InChI=1S/C23H24N6O3/c1-16(30)25-21(17-6-8-20(32-2)9-7-17)11-23(31)27-18-12-24-29(14-18)15-19-13-28-10-4-3-5-22(28)26-19/h3-10,12-14,21H,11,15H2,1-2H3,(H,25,30)(H,27,31). The van der Waals surface area contributed by atoms with Crippen molar-refractivity contribution in [3.05, 3.63) is 78.5 Å². The van der Waals surface area contributed by atoms with Crippen molar-refractivity contribution in [1.82, 2.24) is 24.5 Å². The number of nitrogens with one attached hydrogen (secondary N) is 2. The van der Waals surface area contributed by atoms with Crippen LogP contribution < -0.4 is 15.4 Å². The molecule has 164 valence electrons. The van der Waals surface area contributed by atoms with E-state index in [9.17, 15) is 9.59 Å². The zero-order valence-corrected chi connectivity index (χ0v) is 17.9. The van der Waals surface area contributed by atoms with Crippen molar-refractivity contribution >= 4 is 23.1 Å². The molecule has 32 heavy (non-hydrogen) atoms. The second kappa shape index (κ2) is 9.34. The number of hydrogen-bond donors (Lipinski definition) is 2. The molecule has 2 amide bonds. The maximum Gasteiger partial charge on any atom is 0.226 e. The Labute approximate surface area is 185 Å². The minimum Gasteiger partial charge on any atom is -0.497 e. The van der Waals surface area contributed by atoms with Crippen molar-refractivity contribution in [3.63, 3.8) is 0 Å². The van der Waals surface area contributed by atoms with E-state index in [0.717, 1.165) is 16.9 Å². The smallest absolute Gasteiger partial charge is 0.226 e. The SMILES string of the molecule is COc1ccc(C(CC(=O)Nc2cnn(Cc3cn4ccccc4n3)c2)NC(C)=O)cc1. The molecule has 0 aliphatic carbocycles. The van der Waals surface area contributed by atoms with Gasteiger partial charge in [0.2, 0.25) is 11.8 Å². The lowest BCUT2D eigenvalue weighted by Crippen LogP contribution is -2.29. The topological polar surface area (TPSA) is 103 Å². The van der Waals surface area contributed by atoms with Crippen LogP contribution in [0.1, 0.15) is 30.6 Å². The van der Waals surface area contributed by atoms with Crippen LogP contribution in [0.4, 0.5) is 5.69 Å². The van der Waals surface area contributed by atoms with Crippen LogP contribution in [-0.2, 0) is 16.1 Å². The summed E-state index contributed by atoms with van der Waals surface area (Å²) in [6, 6.07) is 12.6. The molecule has 2 N–H and O–H groups in total. The first-order valence-corrected chi connectivity index (χ1v) is 10.2. The van der Waals surface area contributed by atoms with Gasteiger partial charge in [0.1, 0.15) is 11.4 Å². The van der Waals surface area contributed by atoms with Gasteiger partial charge in [-0.25, -0.2) is 4.98 Å². The number of rotatable bonds is 8. The van der Waals surface area contributed by atoms with Gasteiger partial charge in [0.25, 0.3) is 0 Å². The molecule has 1 unspecified atom stereocenters. The fraction of sp³-hybridized carbons (Fsp3) is 0.217. The highest BCUT2D eigenvalue weighted by molar-refractivity contribution is 5.91. The largest absolute Gasteiger partial charge is 0.497 e. The van der Waals surface area contributed by atoms with Gasteiger partial charge < -0.3 is 19.8 Å². The van der Waals surface area contributed by atoms with E-state index in [0.29, 0.717) is 18.0 Å². The number of fused-ring (bicyclic) bond motifs is 1. The summed E-state index contributed by atoms with van der Waals surface area (Å²) in [7, 11) is 1.59. The minimum absolute atomic E-state index is 0.0868. The fourth-order valence-corrected chi connectivity index (χ4v) is 3.48. The van der Waals surface area contributed by atoms with E-state index < -0.39 is 6.04 Å². The van der Waals surface area contributed by atoms with Crippen LogP contribution >= 0.6 is 0 Å². The number of imidazole rings is 1. The average molecular weight is 432 g/mol. The zero-order valence-electron chi connectivity index (χ0n) is 17.9. The Bertz CT molecular complexity index is 1200. The van der Waals surface area contributed by atoms with Crippen molar-refractivity contribution in [3.8, 4) is 5.75 Å². The van der Waals surface area contributed by atoms with Crippen LogP contribution in [0.3, 0.4) is 0 Å². The lowest BCUT2D eigenvalue weighted by Gasteiger charge is -2.18. The lowest BCUT2D eigenvalue weighted by molar-refractivity contribution is -0.120. The summed E-state index contributed by atoms with van der Waals surface area (Å²) >= 11 is 0. The number of hydrogen-bond acceptors (Lipinski definition) is 5. The summed E-state index contributed by atoms with van der Waals surface area (Å²) in [5.74, 6) is 0.267. The van der Waals surface area contributed by atoms with Crippen LogP contribution in [0.15, 0.2) is 67.3 Å². The van der Waals surface area contributed by atoms with Gasteiger partial charge in [-0.05, 0) is 29.8 Å². The molecular weight excluding hydrogens is 408 g/mol. The Balaban J connectivity index is 1.39. The van der Waals surface area contributed by atoms with Gasteiger partial charge in [-0.3, -0.25) is 14.3 Å². The summed E-state index contributed by atoms with van der Waals surface area (Å²) in [4.78, 5) is 28.8. The monoisotopic (exact) mass is 432 g/mol. The highest BCUT2D eigenvalue weighted by atomic mass is 16.5. The number of aromatic nitrogens is 4. The van der Waals surface area contributed by atoms with E-state index >= 15 is 0 Å². The van der Waals surface area contributed by atoms with E-state index in [4.69, 9.17) is 4.74 Å². The van der Waals surface area contributed by atoms with Crippen molar-refractivity contribution < 1.29 is 14.3 Å². The molecule has 0 aliphatic rings.